The third-order valence-electron chi connectivity index (χ3n) is 4.92. The number of benzene rings is 1. The van der Waals surface area contributed by atoms with Gasteiger partial charge in [0.1, 0.15) is 11.0 Å². The minimum absolute atomic E-state index is 0.505. The van der Waals surface area contributed by atoms with Gasteiger partial charge in [-0.05, 0) is 24.3 Å². The Bertz CT molecular complexity index is 967. The Labute approximate surface area is 165 Å². The fourth-order valence-electron chi connectivity index (χ4n) is 3.36. The van der Waals surface area contributed by atoms with Crippen LogP contribution in [0, 0.1) is 0 Å². The molecule has 0 N–H and O–H groups in total. The van der Waals surface area contributed by atoms with Gasteiger partial charge in [-0.1, -0.05) is 29.8 Å². The van der Waals surface area contributed by atoms with Crippen molar-refractivity contribution < 1.29 is 13.2 Å². The number of nitrogens with zero attached hydrogens (tertiary/aromatic N) is 4. The first-order valence-corrected chi connectivity index (χ1v) is 9.33. The van der Waals surface area contributed by atoms with Gasteiger partial charge in [-0.25, -0.2) is 9.97 Å². The molecule has 3 heterocycles. The number of anilines is 1. The Balaban J connectivity index is 1.40. The van der Waals surface area contributed by atoms with Gasteiger partial charge in [0.05, 0.1) is 11.1 Å². The number of hydrogen-bond acceptors (Lipinski definition) is 4. The van der Waals surface area contributed by atoms with Crippen LogP contribution in [0.15, 0.2) is 48.7 Å². The van der Waals surface area contributed by atoms with Crippen LogP contribution in [0.4, 0.5) is 19.0 Å². The molecule has 28 heavy (non-hydrogen) atoms. The highest BCUT2D eigenvalue weighted by Crippen LogP contribution is 2.29. The van der Waals surface area contributed by atoms with Gasteiger partial charge in [-0.2, -0.15) is 13.2 Å². The molecule has 3 aromatic rings. The van der Waals surface area contributed by atoms with Gasteiger partial charge < -0.3 is 4.90 Å². The predicted molar refractivity (Wildman–Crippen MR) is 103 cm³/mol. The molecule has 1 fully saturated rings. The fraction of sp³-hybridized carbons (Fsp3) is 0.300. The van der Waals surface area contributed by atoms with Crippen LogP contribution in [0.1, 0.15) is 11.1 Å². The summed E-state index contributed by atoms with van der Waals surface area (Å²) in [5.74, 6) is 0.568. The Hall–Kier alpha value is -2.38. The second-order valence-corrected chi connectivity index (χ2v) is 7.16. The van der Waals surface area contributed by atoms with Gasteiger partial charge in [0.2, 0.25) is 0 Å². The molecule has 2 aromatic heterocycles. The number of hydrogen-bond donors (Lipinski definition) is 0. The van der Waals surface area contributed by atoms with Gasteiger partial charge in [0.25, 0.3) is 0 Å². The normalized spacial score (nSPS) is 15.9. The summed E-state index contributed by atoms with van der Waals surface area (Å²) < 4.78 is 38.0. The molecule has 0 unspecified atom stereocenters. The quantitative estimate of drug-likeness (QED) is 0.594. The monoisotopic (exact) mass is 406 g/mol. The second kappa shape index (κ2) is 7.56. The molecule has 0 bridgehead atoms. The molecule has 4 rings (SSSR count). The molecule has 1 aliphatic rings. The second-order valence-electron chi connectivity index (χ2n) is 6.80. The lowest BCUT2D eigenvalue weighted by Crippen LogP contribution is -2.46. The lowest BCUT2D eigenvalue weighted by atomic mass is 10.1. The molecular formula is C20H18ClF3N4. The summed E-state index contributed by atoms with van der Waals surface area (Å²) in [6.07, 6.45) is -3.47. The van der Waals surface area contributed by atoms with Gasteiger partial charge in [-0.15, -0.1) is 0 Å². The fourth-order valence-corrected chi connectivity index (χ4v) is 3.57. The maximum atomic E-state index is 12.7. The third-order valence-corrected chi connectivity index (χ3v) is 5.24. The van der Waals surface area contributed by atoms with Crippen molar-refractivity contribution >= 4 is 28.3 Å². The van der Waals surface area contributed by atoms with E-state index in [-0.39, 0.29) is 0 Å². The lowest BCUT2D eigenvalue weighted by molar-refractivity contribution is -0.137. The zero-order chi connectivity index (χ0) is 19.7. The highest BCUT2D eigenvalue weighted by atomic mass is 35.5. The van der Waals surface area contributed by atoms with E-state index in [1.807, 2.05) is 29.2 Å². The van der Waals surface area contributed by atoms with E-state index in [2.05, 4.69) is 20.9 Å². The molecule has 1 saturated heterocycles. The van der Waals surface area contributed by atoms with Crippen LogP contribution in [0.25, 0.3) is 10.9 Å². The molecule has 0 atom stereocenters. The van der Waals surface area contributed by atoms with E-state index < -0.39 is 11.7 Å². The van der Waals surface area contributed by atoms with E-state index in [0.717, 1.165) is 41.8 Å². The summed E-state index contributed by atoms with van der Waals surface area (Å²) in [7, 11) is 0. The molecular weight excluding hydrogens is 389 g/mol. The van der Waals surface area contributed by atoms with Gasteiger partial charge in [0.15, 0.2) is 0 Å². The van der Waals surface area contributed by atoms with Crippen LogP contribution >= 0.6 is 11.6 Å². The van der Waals surface area contributed by atoms with E-state index >= 15 is 0 Å². The Morgan fingerprint density at radius 2 is 1.75 bits per heavy atom. The maximum Gasteiger partial charge on any atom is 0.417 e. The summed E-state index contributed by atoms with van der Waals surface area (Å²) in [5.41, 5.74) is 1.12. The molecule has 4 nitrogen and oxygen atoms in total. The van der Waals surface area contributed by atoms with Crippen LogP contribution in [0.2, 0.25) is 5.15 Å². The Morgan fingerprint density at radius 3 is 2.43 bits per heavy atom. The van der Waals surface area contributed by atoms with E-state index in [0.29, 0.717) is 30.6 Å². The summed E-state index contributed by atoms with van der Waals surface area (Å²) in [6, 6.07) is 12.4. The van der Waals surface area contributed by atoms with Crippen molar-refractivity contribution in [3.63, 3.8) is 0 Å². The molecule has 0 aliphatic carbocycles. The van der Waals surface area contributed by atoms with E-state index in [1.54, 1.807) is 0 Å². The average Bonchev–Trinajstić information content (AvgIpc) is 2.69. The number of rotatable bonds is 3. The summed E-state index contributed by atoms with van der Waals surface area (Å²) in [5, 5.41) is 1.56. The molecule has 146 valence electrons. The van der Waals surface area contributed by atoms with Crippen LogP contribution in [-0.2, 0) is 12.7 Å². The molecule has 0 amide bonds. The SMILES string of the molecule is FC(F)(F)c1ccc(N2CCN(Cc3cc4ccccc4nc3Cl)CC2)nc1. The molecule has 0 radical (unpaired) electrons. The number of pyridine rings is 2. The first-order chi connectivity index (χ1) is 13.4. The molecule has 8 heteroatoms. The average molecular weight is 407 g/mol. The van der Waals surface area contributed by atoms with E-state index in [4.69, 9.17) is 11.6 Å². The minimum Gasteiger partial charge on any atom is -0.354 e. The topological polar surface area (TPSA) is 32.3 Å². The summed E-state index contributed by atoms with van der Waals surface area (Å²) in [4.78, 5) is 12.7. The number of halogens is 4. The van der Waals surface area contributed by atoms with Crippen molar-refractivity contribution in [1.82, 2.24) is 14.9 Å². The molecule has 0 spiro atoms. The Morgan fingerprint density at radius 1 is 1.00 bits per heavy atom. The van der Waals surface area contributed by atoms with Crippen molar-refractivity contribution in [3.8, 4) is 0 Å². The lowest BCUT2D eigenvalue weighted by Gasteiger charge is -2.35. The van der Waals surface area contributed by atoms with Gasteiger partial charge >= 0.3 is 6.18 Å². The molecule has 0 saturated carbocycles. The minimum atomic E-state index is -4.36. The van der Waals surface area contributed by atoms with Gasteiger partial charge in [0, 0.05) is 49.9 Å². The van der Waals surface area contributed by atoms with Crippen LogP contribution < -0.4 is 4.90 Å². The number of aromatic nitrogens is 2. The van der Waals surface area contributed by atoms with Gasteiger partial charge in [-0.3, -0.25) is 4.90 Å². The number of fused-ring (bicyclic) bond motifs is 1. The van der Waals surface area contributed by atoms with E-state index in [9.17, 15) is 13.2 Å². The maximum absolute atomic E-state index is 12.7. The van der Waals surface area contributed by atoms with Crippen LogP contribution in [-0.4, -0.2) is 41.0 Å². The zero-order valence-corrected chi connectivity index (χ0v) is 15.7. The van der Waals surface area contributed by atoms with Crippen molar-refractivity contribution in [2.45, 2.75) is 12.7 Å². The first-order valence-electron chi connectivity index (χ1n) is 8.95. The van der Waals surface area contributed by atoms with Crippen molar-refractivity contribution in [3.05, 3.63) is 64.9 Å². The van der Waals surface area contributed by atoms with Crippen LogP contribution in [0.5, 0.6) is 0 Å². The predicted octanol–water partition coefficient (Wildman–Crippen LogP) is 4.62. The first kappa shape index (κ1) is 19.0. The van der Waals surface area contributed by atoms with E-state index in [1.165, 1.54) is 6.07 Å². The number of piperazine rings is 1. The third kappa shape index (κ3) is 4.05. The zero-order valence-electron chi connectivity index (χ0n) is 15.0. The summed E-state index contributed by atoms with van der Waals surface area (Å²) >= 11 is 6.35. The summed E-state index contributed by atoms with van der Waals surface area (Å²) in [6.45, 7) is 3.61. The van der Waals surface area contributed by atoms with Crippen molar-refractivity contribution in [1.29, 1.82) is 0 Å². The number of alkyl halides is 3. The van der Waals surface area contributed by atoms with Crippen molar-refractivity contribution in [2.75, 3.05) is 31.1 Å². The van der Waals surface area contributed by atoms with Crippen molar-refractivity contribution in [2.24, 2.45) is 0 Å². The molecule has 1 aromatic carbocycles. The number of para-hydroxylation sites is 1. The smallest absolute Gasteiger partial charge is 0.354 e. The largest absolute Gasteiger partial charge is 0.417 e. The molecule has 1 aliphatic heterocycles. The highest BCUT2D eigenvalue weighted by Gasteiger charge is 2.31. The Kier molecular flexibility index (Phi) is 5.12. The standard InChI is InChI=1S/C20H18ClF3N4/c21-19-15(11-14-3-1-2-4-17(14)26-19)13-27-7-9-28(10-8-27)18-6-5-16(12-25-18)20(22,23)24/h1-6,11-12H,7-10,13H2. The highest BCUT2D eigenvalue weighted by molar-refractivity contribution is 6.30. The van der Waals surface area contributed by atoms with Crippen LogP contribution in [0.3, 0.4) is 0 Å².